The van der Waals surface area contributed by atoms with Gasteiger partial charge in [-0.25, -0.2) is 0 Å². The molecule has 0 amide bonds. The quantitative estimate of drug-likeness (QED) is 0.543. The number of nitrogens with one attached hydrogen (secondary N) is 1. The Balaban J connectivity index is 2.44. The van der Waals surface area contributed by atoms with Crippen LogP contribution in [0.15, 0.2) is 27.9 Å². The molecule has 1 N–H and O–H groups in total. The molecule has 0 saturated heterocycles. The van der Waals surface area contributed by atoms with Crippen LogP contribution in [0.2, 0.25) is 0 Å². The Bertz CT molecular complexity index is 306. The summed E-state index contributed by atoms with van der Waals surface area (Å²) in [4.78, 5) is 4.26. The van der Waals surface area contributed by atoms with Crippen molar-refractivity contribution in [2.45, 2.75) is 19.8 Å². The molecule has 0 spiro atoms. The van der Waals surface area contributed by atoms with Gasteiger partial charge >= 0.3 is 0 Å². The molecular formula is C9H10N2. The number of hydrogen-bond acceptors (Lipinski definition) is 2. The van der Waals surface area contributed by atoms with Crippen molar-refractivity contribution in [2.75, 3.05) is 0 Å². The van der Waals surface area contributed by atoms with Gasteiger partial charge in [0, 0.05) is 24.8 Å². The van der Waals surface area contributed by atoms with Crippen LogP contribution in [0.4, 0.5) is 0 Å². The Kier molecular flexibility index (Phi) is 1.28. The number of allylic oxidation sites excluding steroid dienone is 3. The highest BCUT2D eigenvalue weighted by Crippen LogP contribution is 2.29. The average Bonchev–Trinajstić information content (AvgIpc) is 2.34. The normalized spacial score (nSPS) is 22.3. The van der Waals surface area contributed by atoms with Crippen LogP contribution in [0.25, 0.3) is 0 Å². The van der Waals surface area contributed by atoms with Gasteiger partial charge in [0.05, 0.1) is 5.70 Å². The molecule has 0 saturated carbocycles. The molecule has 2 rings (SSSR count). The molecule has 0 aromatic carbocycles. The molecule has 1 aliphatic carbocycles. The third-order valence-corrected chi connectivity index (χ3v) is 2.06. The maximum absolute atomic E-state index is 7.50. The lowest BCUT2D eigenvalue weighted by molar-refractivity contribution is 1.12. The molecule has 56 valence electrons. The Morgan fingerprint density at radius 2 is 2.36 bits per heavy atom. The van der Waals surface area contributed by atoms with E-state index in [-0.39, 0.29) is 0 Å². The largest absolute Gasteiger partial charge is 0.305 e. The number of aliphatic imine (C=N–C) groups is 1. The predicted octanol–water partition coefficient (Wildman–Crippen LogP) is 2.08. The molecule has 0 aromatic rings. The zero-order chi connectivity index (χ0) is 7.84. The number of nitrogens with zero attached hydrogens (tertiary/aromatic N) is 1. The van der Waals surface area contributed by atoms with Gasteiger partial charge in [0.2, 0.25) is 0 Å². The molecule has 0 atom stereocenters. The standard InChI is InChI=1S/C9H10N2/c1-6-4-8(10)5-7-2-3-11-9(6)7/h3-4,10H,2,5H2,1H3. The molecule has 0 aromatic heterocycles. The molecule has 2 heteroatoms. The fourth-order valence-corrected chi connectivity index (χ4v) is 1.58. The molecular weight excluding hydrogens is 136 g/mol. The summed E-state index contributed by atoms with van der Waals surface area (Å²) in [5, 5.41) is 7.50. The van der Waals surface area contributed by atoms with Crippen LogP contribution in [0.5, 0.6) is 0 Å². The maximum atomic E-state index is 7.50. The first kappa shape index (κ1) is 6.53. The summed E-state index contributed by atoms with van der Waals surface area (Å²) < 4.78 is 0. The van der Waals surface area contributed by atoms with Gasteiger partial charge in [0.1, 0.15) is 0 Å². The lowest BCUT2D eigenvalue weighted by Gasteiger charge is -2.11. The number of hydrogen-bond donors (Lipinski definition) is 1. The second kappa shape index (κ2) is 2.16. The lowest BCUT2D eigenvalue weighted by atomic mass is 9.95. The highest BCUT2D eigenvalue weighted by Gasteiger charge is 2.17. The summed E-state index contributed by atoms with van der Waals surface area (Å²) in [5.41, 5.74) is 4.30. The Morgan fingerprint density at radius 1 is 1.55 bits per heavy atom. The summed E-state index contributed by atoms with van der Waals surface area (Å²) in [5.74, 6) is 0. The van der Waals surface area contributed by atoms with E-state index in [0.717, 1.165) is 24.1 Å². The first-order chi connectivity index (χ1) is 5.27. The predicted molar refractivity (Wildman–Crippen MR) is 46.2 cm³/mol. The first-order valence-electron chi connectivity index (χ1n) is 3.78. The smallest absolute Gasteiger partial charge is 0.0655 e. The molecule has 2 nitrogen and oxygen atoms in total. The van der Waals surface area contributed by atoms with Gasteiger partial charge < -0.3 is 5.41 Å². The summed E-state index contributed by atoms with van der Waals surface area (Å²) in [7, 11) is 0. The zero-order valence-corrected chi connectivity index (χ0v) is 6.52. The third-order valence-electron chi connectivity index (χ3n) is 2.06. The zero-order valence-electron chi connectivity index (χ0n) is 6.52. The molecule has 0 bridgehead atoms. The van der Waals surface area contributed by atoms with E-state index in [0.29, 0.717) is 5.71 Å². The topological polar surface area (TPSA) is 36.2 Å². The summed E-state index contributed by atoms with van der Waals surface area (Å²) in [6, 6.07) is 0. The Labute approximate surface area is 65.8 Å². The van der Waals surface area contributed by atoms with Gasteiger partial charge in [-0.3, -0.25) is 4.99 Å². The van der Waals surface area contributed by atoms with Crippen LogP contribution in [0.3, 0.4) is 0 Å². The van der Waals surface area contributed by atoms with Crippen molar-refractivity contribution in [3.05, 3.63) is 22.9 Å². The third kappa shape index (κ3) is 0.946. The van der Waals surface area contributed by atoms with Gasteiger partial charge in [-0.2, -0.15) is 0 Å². The minimum atomic E-state index is 0.715. The molecule has 0 unspecified atom stereocenters. The van der Waals surface area contributed by atoms with E-state index < -0.39 is 0 Å². The molecule has 1 aliphatic heterocycles. The molecule has 0 fully saturated rings. The van der Waals surface area contributed by atoms with Gasteiger partial charge in [-0.15, -0.1) is 0 Å². The second-order valence-corrected chi connectivity index (χ2v) is 3.00. The van der Waals surface area contributed by atoms with E-state index in [2.05, 4.69) is 4.99 Å². The van der Waals surface area contributed by atoms with Crippen molar-refractivity contribution in [3.8, 4) is 0 Å². The first-order valence-corrected chi connectivity index (χ1v) is 3.78. The summed E-state index contributed by atoms with van der Waals surface area (Å²) in [6.45, 7) is 2.02. The SMILES string of the molecule is CC1=CC(=N)CC2=C1N=CC2. The summed E-state index contributed by atoms with van der Waals surface area (Å²) >= 11 is 0. The van der Waals surface area contributed by atoms with Gasteiger partial charge in [0.25, 0.3) is 0 Å². The minimum absolute atomic E-state index is 0.715. The molecule has 11 heavy (non-hydrogen) atoms. The Hall–Kier alpha value is -1.18. The van der Waals surface area contributed by atoms with Crippen molar-refractivity contribution < 1.29 is 0 Å². The highest BCUT2D eigenvalue weighted by atomic mass is 14.8. The van der Waals surface area contributed by atoms with Crippen molar-refractivity contribution in [1.29, 1.82) is 5.41 Å². The average molecular weight is 146 g/mol. The fraction of sp³-hybridized carbons (Fsp3) is 0.333. The van der Waals surface area contributed by atoms with Gasteiger partial charge in [0.15, 0.2) is 0 Å². The van der Waals surface area contributed by atoms with E-state index in [9.17, 15) is 0 Å². The van der Waals surface area contributed by atoms with E-state index in [1.807, 2.05) is 19.2 Å². The monoisotopic (exact) mass is 146 g/mol. The lowest BCUT2D eigenvalue weighted by Crippen LogP contribution is -2.03. The second-order valence-electron chi connectivity index (χ2n) is 3.00. The van der Waals surface area contributed by atoms with Crippen molar-refractivity contribution in [2.24, 2.45) is 4.99 Å². The van der Waals surface area contributed by atoms with E-state index >= 15 is 0 Å². The van der Waals surface area contributed by atoms with Crippen molar-refractivity contribution >= 4 is 11.9 Å². The maximum Gasteiger partial charge on any atom is 0.0655 e. The summed E-state index contributed by atoms with van der Waals surface area (Å²) in [6.07, 6.45) is 5.58. The molecule has 2 aliphatic rings. The molecule has 1 heterocycles. The van der Waals surface area contributed by atoms with Crippen molar-refractivity contribution in [1.82, 2.24) is 0 Å². The van der Waals surface area contributed by atoms with E-state index in [4.69, 9.17) is 5.41 Å². The van der Waals surface area contributed by atoms with Gasteiger partial charge in [-0.1, -0.05) is 0 Å². The van der Waals surface area contributed by atoms with Crippen LogP contribution < -0.4 is 0 Å². The van der Waals surface area contributed by atoms with Crippen molar-refractivity contribution in [3.63, 3.8) is 0 Å². The van der Waals surface area contributed by atoms with E-state index in [1.165, 1.54) is 5.57 Å². The van der Waals surface area contributed by atoms with Crippen LogP contribution in [-0.2, 0) is 0 Å². The van der Waals surface area contributed by atoms with Crippen LogP contribution in [0.1, 0.15) is 19.8 Å². The van der Waals surface area contributed by atoms with E-state index in [1.54, 1.807) is 0 Å². The van der Waals surface area contributed by atoms with Crippen LogP contribution in [-0.4, -0.2) is 11.9 Å². The minimum Gasteiger partial charge on any atom is -0.305 e. The Morgan fingerprint density at radius 3 is 3.18 bits per heavy atom. The van der Waals surface area contributed by atoms with Gasteiger partial charge in [-0.05, 0) is 24.1 Å². The van der Waals surface area contributed by atoms with Crippen LogP contribution in [0, 0.1) is 5.41 Å². The van der Waals surface area contributed by atoms with Crippen LogP contribution >= 0.6 is 0 Å². The molecule has 0 radical (unpaired) electrons. The number of rotatable bonds is 0. The fourth-order valence-electron chi connectivity index (χ4n) is 1.58. The highest BCUT2D eigenvalue weighted by molar-refractivity contribution is 5.98.